The van der Waals surface area contributed by atoms with Gasteiger partial charge in [0.1, 0.15) is 16.9 Å². The van der Waals surface area contributed by atoms with Gasteiger partial charge >= 0.3 is 0 Å². The Morgan fingerprint density at radius 3 is 2.48 bits per heavy atom. The topological polar surface area (TPSA) is 49.8 Å². The summed E-state index contributed by atoms with van der Waals surface area (Å²) in [5.74, 6) is 1.37. The van der Waals surface area contributed by atoms with Crippen LogP contribution in [0.15, 0.2) is 30.3 Å². The minimum atomic E-state index is -0.127. The van der Waals surface area contributed by atoms with Crippen LogP contribution in [0.1, 0.15) is 54.3 Å². The van der Waals surface area contributed by atoms with E-state index in [1.165, 1.54) is 0 Å². The molecule has 1 aliphatic heterocycles. The number of ether oxygens (including phenoxy) is 1. The van der Waals surface area contributed by atoms with Crippen molar-refractivity contribution < 1.29 is 14.6 Å². The number of anilines is 1. The molecule has 0 saturated carbocycles. The van der Waals surface area contributed by atoms with E-state index in [-0.39, 0.29) is 28.2 Å². The highest BCUT2D eigenvalue weighted by atomic mass is 32.2. The molecular formula is C22H27NO3S. The van der Waals surface area contributed by atoms with Gasteiger partial charge in [0.2, 0.25) is 5.91 Å². The van der Waals surface area contributed by atoms with E-state index < -0.39 is 0 Å². The van der Waals surface area contributed by atoms with Crippen LogP contribution in [-0.4, -0.2) is 23.4 Å². The number of hydrogen-bond acceptors (Lipinski definition) is 4. The number of aryl methyl sites for hydroxylation is 2. The van der Waals surface area contributed by atoms with Crippen molar-refractivity contribution in [2.75, 3.05) is 12.0 Å². The normalized spacial score (nSPS) is 19.8. The molecular weight excluding hydrogens is 358 g/mol. The number of carbonyl (C=O) groups is 1. The van der Waals surface area contributed by atoms with Gasteiger partial charge in [0.05, 0.1) is 12.4 Å². The standard InChI is InChI=1S/C22H27NO3S/c1-12(2)17-11-18(14(4)9-19(17)24)23-21(25)15(5)27-22(23)16-8-7-13(3)20(10-16)26-6/h7-12,15,22,24H,1-6H3. The summed E-state index contributed by atoms with van der Waals surface area (Å²) in [5, 5.41) is 10.1. The van der Waals surface area contributed by atoms with Gasteiger partial charge in [-0.3, -0.25) is 9.69 Å². The SMILES string of the molecule is COc1cc(C2SC(C)C(=O)N2c2cc(C(C)C)c(O)cc2C)ccc1C. The van der Waals surface area contributed by atoms with Gasteiger partial charge in [-0.1, -0.05) is 26.0 Å². The summed E-state index contributed by atoms with van der Waals surface area (Å²) < 4.78 is 5.48. The highest BCUT2D eigenvalue weighted by Crippen LogP contribution is 2.48. The third-order valence-corrected chi connectivity index (χ3v) is 6.45. The third kappa shape index (κ3) is 3.53. The number of carbonyl (C=O) groups excluding carboxylic acids is 1. The second-order valence-corrected chi connectivity index (χ2v) is 8.85. The lowest BCUT2D eigenvalue weighted by atomic mass is 9.98. The zero-order valence-corrected chi connectivity index (χ0v) is 17.6. The van der Waals surface area contributed by atoms with Gasteiger partial charge in [-0.25, -0.2) is 0 Å². The Kier molecular flexibility index (Phi) is 5.43. The number of aromatic hydroxyl groups is 1. The molecule has 4 nitrogen and oxygen atoms in total. The molecule has 1 saturated heterocycles. The lowest BCUT2D eigenvalue weighted by Crippen LogP contribution is -2.30. The Balaban J connectivity index is 2.12. The van der Waals surface area contributed by atoms with Gasteiger partial charge < -0.3 is 9.84 Å². The number of hydrogen-bond donors (Lipinski definition) is 1. The molecule has 27 heavy (non-hydrogen) atoms. The minimum Gasteiger partial charge on any atom is -0.508 e. The summed E-state index contributed by atoms with van der Waals surface area (Å²) >= 11 is 1.64. The number of thioether (sulfide) groups is 1. The third-order valence-electron chi connectivity index (χ3n) is 5.10. The van der Waals surface area contributed by atoms with E-state index in [1.807, 2.05) is 57.7 Å². The van der Waals surface area contributed by atoms with E-state index in [9.17, 15) is 9.90 Å². The van der Waals surface area contributed by atoms with Crippen LogP contribution in [0, 0.1) is 13.8 Å². The second kappa shape index (κ2) is 7.47. The number of phenols is 1. The number of benzene rings is 2. The summed E-state index contributed by atoms with van der Waals surface area (Å²) in [6.07, 6.45) is 0. The predicted octanol–water partition coefficient (Wildman–Crippen LogP) is 5.31. The first-order valence-corrected chi connectivity index (χ1v) is 10.2. The quantitative estimate of drug-likeness (QED) is 0.775. The molecule has 1 heterocycles. The van der Waals surface area contributed by atoms with Crippen molar-refractivity contribution in [1.82, 2.24) is 0 Å². The van der Waals surface area contributed by atoms with Crippen molar-refractivity contribution in [2.45, 2.75) is 51.2 Å². The van der Waals surface area contributed by atoms with Crippen LogP contribution in [0.25, 0.3) is 0 Å². The molecule has 2 unspecified atom stereocenters. The van der Waals surface area contributed by atoms with Crippen LogP contribution < -0.4 is 9.64 Å². The first-order valence-electron chi connectivity index (χ1n) is 9.21. The van der Waals surface area contributed by atoms with E-state index in [4.69, 9.17) is 4.74 Å². The largest absolute Gasteiger partial charge is 0.508 e. The Labute approximate surface area is 165 Å². The molecule has 0 bridgehead atoms. The summed E-state index contributed by atoms with van der Waals surface area (Å²) in [4.78, 5) is 14.9. The summed E-state index contributed by atoms with van der Waals surface area (Å²) in [7, 11) is 1.67. The summed E-state index contributed by atoms with van der Waals surface area (Å²) in [5.41, 5.74) is 4.72. The maximum atomic E-state index is 13.0. The van der Waals surface area contributed by atoms with E-state index >= 15 is 0 Å². The first-order chi connectivity index (χ1) is 12.7. The molecule has 144 valence electrons. The van der Waals surface area contributed by atoms with Gasteiger partial charge in [0.15, 0.2) is 0 Å². The minimum absolute atomic E-state index is 0.0908. The monoisotopic (exact) mass is 385 g/mol. The Hall–Kier alpha value is -2.14. The second-order valence-electron chi connectivity index (χ2n) is 7.42. The van der Waals surface area contributed by atoms with Crippen LogP contribution >= 0.6 is 11.8 Å². The molecule has 1 N–H and O–H groups in total. The van der Waals surface area contributed by atoms with Gasteiger partial charge in [-0.05, 0) is 67.1 Å². The van der Waals surface area contributed by atoms with Crippen LogP contribution in [0.4, 0.5) is 5.69 Å². The van der Waals surface area contributed by atoms with Crippen LogP contribution in [-0.2, 0) is 4.79 Å². The van der Waals surface area contributed by atoms with Gasteiger partial charge in [0, 0.05) is 5.69 Å². The molecule has 0 aromatic heterocycles. The molecule has 1 amide bonds. The fraction of sp³-hybridized carbons (Fsp3) is 0.409. The number of amides is 1. The molecule has 5 heteroatoms. The number of methoxy groups -OCH3 is 1. The van der Waals surface area contributed by atoms with E-state index in [1.54, 1.807) is 24.9 Å². The summed E-state index contributed by atoms with van der Waals surface area (Å²) in [6.45, 7) is 9.98. The Morgan fingerprint density at radius 2 is 1.85 bits per heavy atom. The highest BCUT2D eigenvalue weighted by molar-refractivity contribution is 8.01. The van der Waals surface area contributed by atoms with Crippen LogP contribution in [0.3, 0.4) is 0 Å². The van der Waals surface area contributed by atoms with E-state index in [2.05, 4.69) is 6.07 Å². The fourth-order valence-corrected chi connectivity index (χ4v) is 4.77. The Morgan fingerprint density at radius 1 is 1.15 bits per heavy atom. The van der Waals surface area contributed by atoms with Gasteiger partial charge in [-0.2, -0.15) is 0 Å². The smallest absolute Gasteiger partial charge is 0.241 e. The average Bonchev–Trinajstić information content (AvgIpc) is 2.90. The average molecular weight is 386 g/mol. The Bertz CT molecular complexity index is 878. The lowest BCUT2D eigenvalue weighted by molar-refractivity contribution is -0.117. The van der Waals surface area contributed by atoms with Crippen molar-refractivity contribution in [3.63, 3.8) is 0 Å². The summed E-state index contributed by atoms with van der Waals surface area (Å²) in [6, 6.07) is 9.84. The fourth-order valence-electron chi connectivity index (χ4n) is 3.51. The van der Waals surface area contributed by atoms with Crippen LogP contribution in [0.2, 0.25) is 0 Å². The van der Waals surface area contributed by atoms with Gasteiger partial charge in [-0.15, -0.1) is 11.8 Å². The predicted molar refractivity (Wildman–Crippen MR) is 112 cm³/mol. The zero-order chi connectivity index (χ0) is 19.9. The molecule has 1 aliphatic rings. The van der Waals surface area contributed by atoms with Crippen molar-refractivity contribution in [3.05, 3.63) is 52.6 Å². The molecule has 2 atom stereocenters. The maximum Gasteiger partial charge on any atom is 0.241 e. The maximum absolute atomic E-state index is 13.0. The zero-order valence-electron chi connectivity index (χ0n) is 16.7. The van der Waals surface area contributed by atoms with Crippen LogP contribution in [0.5, 0.6) is 11.5 Å². The van der Waals surface area contributed by atoms with Gasteiger partial charge in [0.25, 0.3) is 0 Å². The molecule has 0 spiro atoms. The van der Waals surface area contributed by atoms with Crippen molar-refractivity contribution in [2.24, 2.45) is 0 Å². The highest BCUT2D eigenvalue weighted by Gasteiger charge is 2.40. The molecule has 0 radical (unpaired) electrons. The number of rotatable bonds is 4. The lowest BCUT2D eigenvalue weighted by Gasteiger charge is -2.27. The first kappa shape index (κ1) is 19.6. The molecule has 1 fully saturated rings. The number of phenolic OH excluding ortho intramolecular Hbond substituents is 1. The van der Waals surface area contributed by atoms with Crippen molar-refractivity contribution in [1.29, 1.82) is 0 Å². The van der Waals surface area contributed by atoms with E-state index in [0.29, 0.717) is 0 Å². The molecule has 2 aromatic rings. The van der Waals surface area contributed by atoms with E-state index in [0.717, 1.165) is 33.7 Å². The molecule has 0 aliphatic carbocycles. The number of nitrogens with zero attached hydrogens (tertiary/aromatic N) is 1. The van der Waals surface area contributed by atoms with Crippen molar-refractivity contribution in [3.8, 4) is 11.5 Å². The molecule has 3 rings (SSSR count). The van der Waals surface area contributed by atoms with Crippen molar-refractivity contribution >= 4 is 23.4 Å². The molecule has 2 aromatic carbocycles.